The van der Waals surface area contributed by atoms with Crippen molar-refractivity contribution in [1.82, 2.24) is 4.90 Å². The molecule has 0 radical (unpaired) electrons. The highest BCUT2D eigenvalue weighted by molar-refractivity contribution is 5.77. The Morgan fingerprint density at radius 2 is 2.14 bits per heavy atom. The van der Waals surface area contributed by atoms with Gasteiger partial charge in [0, 0.05) is 13.1 Å². The lowest BCUT2D eigenvalue weighted by molar-refractivity contribution is -0.153. The largest absolute Gasteiger partial charge is 0.493 e. The van der Waals surface area contributed by atoms with Gasteiger partial charge >= 0.3 is 0 Å². The summed E-state index contributed by atoms with van der Waals surface area (Å²) < 4.78 is 11.2. The molecule has 1 unspecified atom stereocenters. The normalized spacial score (nSPS) is 21.1. The molecule has 1 aromatic carbocycles. The fraction of sp³-hybridized carbons (Fsp3) is 0.562. The highest BCUT2D eigenvalue weighted by atomic mass is 16.5. The van der Waals surface area contributed by atoms with Gasteiger partial charge in [-0.05, 0) is 26.0 Å². The molecule has 5 heteroatoms. The van der Waals surface area contributed by atoms with Gasteiger partial charge in [0.2, 0.25) is 5.91 Å². The van der Waals surface area contributed by atoms with Gasteiger partial charge in [0.05, 0.1) is 31.3 Å². The van der Waals surface area contributed by atoms with Gasteiger partial charge in [-0.2, -0.15) is 0 Å². The van der Waals surface area contributed by atoms with E-state index in [4.69, 9.17) is 15.2 Å². The molecule has 1 atom stereocenters. The van der Waals surface area contributed by atoms with Gasteiger partial charge in [0.25, 0.3) is 0 Å². The summed E-state index contributed by atoms with van der Waals surface area (Å²) in [4.78, 5) is 14.3. The molecular weight excluding hydrogens is 268 g/mol. The summed E-state index contributed by atoms with van der Waals surface area (Å²) in [6, 6.07) is 9.52. The number of carbonyl (C=O) groups is 1. The first-order valence-corrected chi connectivity index (χ1v) is 7.33. The first-order chi connectivity index (χ1) is 10.0. The lowest BCUT2D eigenvalue weighted by Gasteiger charge is -2.45. The van der Waals surface area contributed by atoms with Crippen molar-refractivity contribution in [3.8, 4) is 5.75 Å². The molecule has 2 rings (SSSR count). The number of morpholine rings is 1. The minimum absolute atomic E-state index is 0.0722. The maximum Gasteiger partial charge on any atom is 0.226 e. The number of nitrogens with two attached hydrogens (primary N) is 1. The molecule has 1 fully saturated rings. The van der Waals surface area contributed by atoms with Crippen molar-refractivity contribution >= 4 is 5.91 Å². The third-order valence-corrected chi connectivity index (χ3v) is 3.68. The van der Waals surface area contributed by atoms with E-state index in [-0.39, 0.29) is 17.6 Å². The number of benzene rings is 1. The van der Waals surface area contributed by atoms with E-state index in [9.17, 15) is 4.79 Å². The van der Waals surface area contributed by atoms with Crippen LogP contribution in [0.5, 0.6) is 5.75 Å². The van der Waals surface area contributed by atoms with Crippen molar-refractivity contribution in [2.75, 3.05) is 26.3 Å². The van der Waals surface area contributed by atoms with Crippen LogP contribution in [0.15, 0.2) is 30.3 Å². The standard InChI is InChI=1S/C16H24N2O3/c1-16(2)12-21-14(10-17)11-18(16)15(19)8-9-20-13-6-4-3-5-7-13/h3-7,14H,8-12,17H2,1-2H3. The number of para-hydroxylation sites is 1. The monoisotopic (exact) mass is 292 g/mol. The molecule has 2 N–H and O–H groups in total. The van der Waals surface area contributed by atoms with E-state index in [0.717, 1.165) is 5.75 Å². The van der Waals surface area contributed by atoms with Crippen LogP contribution >= 0.6 is 0 Å². The lowest BCUT2D eigenvalue weighted by atomic mass is 10.00. The Bertz CT molecular complexity index is 462. The van der Waals surface area contributed by atoms with E-state index in [1.54, 1.807) is 0 Å². The number of nitrogens with zero attached hydrogens (tertiary/aromatic N) is 1. The number of carbonyl (C=O) groups excluding carboxylic acids is 1. The second-order valence-electron chi connectivity index (χ2n) is 5.90. The molecule has 1 amide bonds. The van der Waals surface area contributed by atoms with E-state index in [0.29, 0.717) is 32.7 Å². The van der Waals surface area contributed by atoms with Crippen molar-refractivity contribution in [3.63, 3.8) is 0 Å². The smallest absolute Gasteiger partial charge is 0.226 e. The molecule has 21 heavy (non-hydrogen) atoms. The zero-order valence-electron chi connectivity index (χ0n) is 12.7. The summed E-state index contributed by atoms with van der Waals surface area (Å²) in [6.45, 7) is 5.89. The van der Waals surface area contributed by atoms with Crippen LogP contribution in [0, 0.1) is 0 Å². The molecule has 1 heterocycles. The SMILES string of the molecule is CC1(C)COC(CN)CN1C(=O)CCOc1ccccc1. The zero-order valence-corrected chi connectivity index (χ0v) is 12.7. The van der Waals surface area contributed by atoms with Crippen LogP contribution in [0.4, 0.5) is 0 Å². The molecule has 0 bridgehead atoms. The second kappa shape index (κ2) is 6.91. The quantitative estimate of drug-likeness (QED) is 0.891. The van der Waals surface area contributed by atoms with Crippen LogP contribution in [0.3, 0.4) is 0 Å². The molecule has 5 nitrogen and oxygen atoms in total. The van der Waals surface area contributed by atoms with Crippen LogP contribution in [-0.4, -0.2) is 48.8 Å². The molecule has 0 aromatic heterocycles. The van der Waals surface area contributed by atoms with Gasteiger partial charge in [-0.15, -0.1) is 0 Å². The average molecular weight is 292 g/mol. The summed E-state index contributed by atoms with van der Waals surface area (Å²) in [7, 11) is 0. The number of hydrogen-bond donors (Lipinski definition) is 1. The molecule has 1 aliphatic rings. The predicted molar refractivity (Wildman–Crippen MR) is 81.1 cm³/mol. The van der Waals surface area contributed by atoms with Gasteiger partial charge < -0.3 is 20.1 Å². The van der Waals surface area contributed by atoms with E-state index in [1.807, 2.05) is 49.1 Å². The van der Waals surface area contributed by atoms with E-state index >= 15 is 0 Å². The Labute approximate surface area is 126 Å². The predicted octanol–water partition coefficient (Wildman–Crippen LogP) is 1.42. The fourth-order valence-electron chi connectivity index (χ4n) is 2.39. The molecule has 116 valence electrons. The minimum Gasteiger partial charge on any atom is -0.493 e. The summed E-state index contributed by atoms with van der Waals surface area (Å²) in [5.41, 5.74) is 5.35. The van der Waals surface area contributed by atoms with E-state index < -0.39 is 0 Å². The average Bonchev–Trinajstić information content (AvgIpc) is 2.48. The number of rotatable bonds is 5. The minimum atomic E-state index is -0.296. The maximum atomic E-state index is 12.4. The molecule has 0 aliphatic carbocycles. The summed E-state index contributed by atoms with van der Waals surface area (Å²) in [5.74, 6) is 0.865. The van der Waals surface area contributed by atoms with Crippen LogP contribution < -0.4 is 10.5 Å². The Morgan fingerprint density at radius 3 is 2.81 bits per heavy atom. The van der Waals surface area contributed by atoms with Gasteiger partial charge in [-0.25, -0.2) is 0 Å². The Hall–Kier alpha value is -1.59. The molecule has 1 saturated heterocycles. The van der Waals surface area contributed by atoms with Crippen molar-refractivity contribution in [3.05, 3.63) is 30.3 Å². The van der Waals surface area contributed by atoms with Crippen LogP contribution in [0.1, 0.15) is 20.3 Å². The van der Waals surface area contributed by atoms with Crippen LogP contribution in [0.2, 0.25) is 0 Å². The van der Waals surface area contributed by atoms with Crippen LogP contribution in [-0.2, 0) is 9.53 Å². The third-order valence-electron chi connectivity index (χ3n) is 3.68. The Balaban J connectivity index is 1.86. The number of ether oxygens (including phenoxy) is 2. The molecule has 0 saturated carbocycles. The second-order valence-corrected chi connectivity index (χ2v) is 5.90. The highest BCUT2D eigenvalue weighted by Gasteiger charge is 2.37. The van der Waals surface area contributed by atoms with E-state index in [1.165, 1.54) is 0 Å². The summed E-state index contributed by atoms with van der Waals surface area (Å²) in [6.07, 6.45) is 0.285. The molecular formula is C16H24N2O3. The lowest BCUT2D eigenvalue weighted by Crippen LogP contribution is -2.59. The fourth-order valence-corrected chi connectivity index (χ4v) is 2.39. The van der Waals surface area contributed by atoms with Crippen LogP contribution in [0.25, 0.3) is 0 Å². The topological polar surface area (TPSA) is 64.8 Å². The maximum absolute atomic E-state index is 12.4. The van der Waals surface area contributed by atoms with Gasteiger partial charge in [0.1, 0.15) is 5.75 Å². The zero-order chi connectivity index (χ0) is 15.3. The van der Waals surface area contributed by atoms with Crippen molar-refractivity contribution in [2.45, 2.75) is 31.9 Å². The van der Waals surface area contributed by atoms with Gasteiger partial charge in [0.15, 0.2) is 0 Å². The molecule has 0 spiro atoms. The Morgan fingerprint density at radius 1 is 1.43 bits per heavy atom. The number of hydrogen-bond acceptors (Lipinski definition) is 4. The highest BCUT2D eigenvalue weighted by Crippen LogP contribution is 2.22. The van der Waals surface area contributed by atoms with Gasteiger partial charge in [-0.1, -0.05) is 18.2 Å². The van der Waals surface area contributed by atoms with Crippen molar-refractivity contribution in [2.24, 2.45) is 5.73 Å². The summed E-state index contributed by atoms with van der Waals surface area (Å²) >= 11 is 0. The number of amides is 1. The third kappa shape index (κ3) is 4.19. The Kier molecular flexibility index (Phi) is 5.20. The molecule has 1 aromatic rings. The molecule has 1 aliphatic heterocycles. The van der Waals surface area contributed by atoms with Crippen molar-refractivity contribution < 1.29 is 14.3 Å². The van der Waals surface area contributed by atoms with Crippen molar-refractivity contribution in [1.29, 1.82) is 0 Å². The van der Waals surface area contributed by atoms with E-state index in [2.05, 4.69) is 0 Å². The summed E-state index contributed by atoms with van der Waals surface area (Å²) in [5, 5.41) is 0. The first kappa shape index (κ1) is 15.8. The first-order valence-electron chi connectivity index (χ1n) is 7.33. The van der Waals surface area contributed by atoms with Gasteiger partial charge in [-0.3, -0.25) is 4.79 Å².